The molecule has 4 nitrogen and oxygen atoms in total. The second-order valence-electron chi connectivity index (χ2n) is 5.27. The summed E-state index contributed by atoms with van der Waals surface area (Å²) < 4.78 is 18.7. The Hall–Kier alpha value is -2.61. The van der Waals surface area contributed by atoms with Gasteiger partial charge >= 0.3 is 0 Å². The third kappa shape index (κ3) is 3.34. The lowest BCUT2D eigenvalue weighted by molar-refractivity contribution is 0.170. The predicted molar refractivity (Wildman–Crippen MR) is 81.2 cm³/mol. The third-order valence-electron chi connectivity index (χ3n) is 3.76. The summed E-state index contributed by atoms with van der Waals surface area (Å²) in [5.74, 6) is 1.27. The van der Waals surface area contributed by atoms with Gasteiger partial charge in [0, 0.05) is 32.1 Å². The molecule has 0 N–H and O–H groups in total. The summed E-state index contributed by atoms with van der Waals surface area (Å²) >= 11 is 0. The molecule has 112 valence electrons. The summed E-state index contributed by atoms with van der Waals surface area (Å²) in [6, 6.07) is 11.8. The monoisotopic (exact) mass is 297 g/mol. The Labute approximate surface area is 128 Å². The fourth-order valence-corrected chi connectivity index (χ4v) is 2.57. The molecule has 2 aromatic rings. The van der Waals surface area contributed by atoms with E-state index in [4.69, 9.17) is 10.00 Å². The molecule has 1 aliphatic heterocycles. The molecule has 1 aliphatic rings. The normalized spacial score (nSPS) is 15.4. The number of piperidine rings is 1. The molecule has 0 aliphatic carbocycles. The first kappa shape index (κ1) is 14.3. The highest BCUT2D eigenvalue weighted by Gasteiger charge is 2.21. The van der Waals surface area contributed by atoms with Crippen molar-refractivity contribution < 1.29 is 9.13 Å². The van der Waals surface area contributed by atoms with Crippen LogP contribution in [0.5, 0.6) is 5.75 Å². The van der Waals surface area contributed by atoms with Crippen molar-refractivity contribution in [3.05, 3.63) is 54.0 Å². The van der Waals surface area contributed by atoms with Gasteiger partial charge in [-0.3, -0.25) is 0 Å². The molecule has 22 heavy (non-hydrogen) atoms. The summed E-state index contributed by atoms with van der Waals surface area (Å²) in [7, 11) is 0. The van der Waals surface area contributed by atoms with Gasteiger partial charge in [0.05, 0.1) is 11.6 Å². The third-order valence-corrected chi connectivity index (χ3v) is 3.76. The van der Waals surface area contributed by atoms with Crippen LogP contribution in [0.25, 0.3) is 0 Å². The molecule has 0 radical (unpaired) electrons. The largest absolute Gasteiger partial charge is 0.490 e. The van der Waals surface area contributed by atoms with E-state index in [0.29, 0.717) is 11.3 Å². The van der Waals surface area contributed by atoms with Gasteiger partial charge in [0.2, 0.25) is 0 Å². The van der Waals surface area contributed by atoms with Gasteiger partial charge < -0.3 is 9.64 Å². The minimum absolute atomic E-state index is 0.126. The Balaban J connectivity index is 1.58. The lowest BCUT2D eigenvalue weighted by Gasteiger charge is -2.33. The number of nitrogens with zero attached hydrogens (tertiary/aromatic N) is 3. The van der Waals surface area contributed by atoms with Crippen molar-refractivity contribution in [1.29, 1.82) is 5.26 Å². The molecule has 0 saturated carbocycles. The first-order valence-electron chi connectivity index (χ1n) is 7.28. The second kappa shape index (κ2) is 6.44. The van der Waals surface area contributed by atoms with Crippen molar-refractivity contribution in [1.82, 2.24) is 4.98 Å². The molecular formula is C17H16FN3O. The Morgan fingerprint density at radius 3 is 2.59 bits per heavy atom. The average Bonchev–Trinajstić information content (AvgIpc) is 2.58. The molecule has 0 atom stereocenters. The first-order chi connectivity index (χ1) is 10.7. The van der Waals surface area contributed by atoms with Crippen molar-refractivity contribution >= 4 is 5.82 Å². The molecule has 5 heteroatoms. The summed E-state index contributed by atoms with van der Waals surface area (Å²) in [5.41, 5.74) is 0.620. The summed E-state index contributed by atoms with van der Waals surface area (Å²) in [5, 5.41) is 8.94. The maximum atomic E-state index is 12.9. The average molecular weight is 297 g/mol. The van der Waals surface area contributed by atoms with E-state index in [1.165, 1.54) is 12.1 Å². The fourth-order valence-electron chi connectivity index (χ4n) is 2.57. The molecule has 1 aromatic carbocycles. The second-order valence-corrected chi connectivity index (χ2v) is 5.27. The number of benzene rings is 1. The Morgan fingerprint density at radius 1 is 1.18 bits per heavy atom. The number of hydrogen-bond donors (Lipinski definition) is 0. The Kier molecular flexibility index (Phi) is 4.19. The van der Waals surface area contributed by atoms with Gasteiger partial charge in [-0.15, -0.1) is 0 Å². The smallest absolute Gasteiger partial charge is 0.129 e. The standard InChI is InChI=1S/C17H16FN3O/c18-14-1-3-15(4-2-14)22-16-6-9-21(10-7-16)17-11-13(12-19)5-8-20-17/h1-5,8,11,16H,6-7,9-10H2. The van der Waals surface area contributed by atoms with E-state index in [2.05, 4.69) is 16.0 Å². The SMILES string of the molecule is N#Cc1ccnc(N2CCC(Oc3ccc(F)cc3)CC2)c1. The maximum Gasteiger partial charge on any atom is 0.129 e. The number of hydrogen-bond acceptors (Lipinski definition) is 4. The Bertz CT molecular complexity index is 673. The van der Waals surface area contributed by atoms with E-state index in [9.17, 15) is 4.39 Å². The van der Waals surface area contributed by atoms with Crippen molar-refractivity contribution in [2.45, 2.75) is 18.9 Å². The van der Waals surface area contributed by atoms with Crippen LogP contribution in [0.1, 0.15) is 18.4 Å². The Morgan fingerprint density at radius 2 is 1.91 bits per heavy atom. The van der Waals surface area contributed by atoms with E-state index in [1.807, 2.05) is 0 Å². The van der Waals surface area contributed by atoms with Gasteiger partial charge in [-0.05, 0) is 36.4 Å². The van der Waals surface area contributed by atoms with Crippen molar-refractivity contribution in [2.75, 3.05) is 18.0 Å². The van der Waals surface area contributed by atoms with Crippen LogP contribution >= 0.6 is 0 Å². The van der Waals surface area contributed by atoms with Gasteiger partial charge in [-0.25, -0.2) is 9.37 Å². The van der Waals surface area contributed by atoms with Gasteiger partial charge in [-0.1, -0.05) is 0 Å². The molecule has 1 aromatic heterocycles. The van der Waals surface area contributed by atoms with Gasteiger partial charge in [0.25, 0.3) is 0 Å². The molecule has 3 rings (SSSR count). The number of aromatic nitrogens is 1. The zero-order chi connectivity index (χ0) is 15.4. The summed E-state index contributed by atoms with van der Waals surface area (Å²) in [6.45, 7) is 1.65. The zero-order valence-corrected chi connectivity index (χ0v) is 12.1. The topological polar surface area (TPSA) is 49.2 Å². The lowest BCUT2D eigenvalue weighted by atomic mass is 10.1. The number of ether oxygens (including phenoxy) is 1. The number of nitriles is 1. The van der Waals surface area contributed by atoms with Crippen LogP contribution in [0.4, 0.5) is 10.2 Å². The number of rotatable bonds is 3. The molecule has 1 fully saturated rings. The zero-order valence-electron chi connectivity index (χ0n) is 12.1. The van der Waals surface area contributed by atoms with E-state index in [0.717, 1.165) is 31.7 Å². The predicted octanol–water partition coefficient (Wildman–Crippen LogP) is 3.14. The van der Waals surface area contributed by atoms with Crippen LogP contribution in [-0.4, -0.2) is 24.2 Å². The minimum atomic E-state index is -0.259. The van der Waals surface area contributed by atoms with Crippen LogP contribution in [0.15, 0.2) is 42.6 Å². The summed E-state index contributed by atoms with van der Waals surface area (Å²) in [6.07, 6.45) is 3.53. The fraction of sp³-hybridized carbons (Fsp3) is 0.294. The molecule has 0 amide bonds. The van der Waals surface area contributed by atoms with Crippen LogP contribution in [-0.2, 0) is 0 Å². The first-order valence-corrected chi connectivity index (χ1v) is 7.28. The molecule has 0 bridgehead atoms. The van der Waals surface area contributed by atoms with Crippen LogP contribution < -0.4 is 9.64 Å². The van der Waals surface area contributed by atoms with Gasteiger partial charge in [-0.2, -0.15) is 5.26 Å². The lowest BCUT2D eigenvalue weighted by Crippen LogP contribution is -2.38. The number of halogens is 1. The van der Waals surface area contributed by atoms with E-state index in [-0.39, 0.29) is 11.9 Å². The highest BCUT2D eigenvalue weighted by Crippen LogP contribution is 2.22. The molecule has 0 spiro atoms. The molecule has 1 saturated heterocycles. The minimum Gasteiger partial charge on any atom is -0.490 e. The van der Waals surface area contributed by atoms with Crippen LogP contribution in [0.3, 0.4) is 0 Å². The van der Waals surface area contributed by atoms with E-state index >= 15 is 0 Å². The highest BCUT2D eigenvalue weighted by molar-refractivity contribution is 5.45. The van der Waals surface area contributed by atoms with Crippen molar-refractivity contribution in [3.8, 4) is 11.8 Å². The van der Waals surface area contributed by atoms with Crippen LogP contribution in [0, 0.1) is 17.1 Å². The van der Waals surface area contributed by atoms with Crippen molar-refractivity contribution in [2.24, 2.45) is 0 Å². The summed E-state index contributed by atoms with van der Waals surface area (Å²) in [4.78, 5) is 6.48. The van der Waals surface area contributed by atoms with Gasteiger partial charge in [0.15, 0.2) is 0 Å². The van der Waals surface area contributed by atoms with Crippen LogP contribution in [0.2, 0.25) is 0 Å². The highest BCUT2D eigenvalue weighted by atomic mass is 19.1. The molecule has 0 unspecified atom stereocenters. The van der Waals surface area contributed by atoms with E-state index in [1.54, 1.807) is 30.5 Å². The molecule has 2 heterocycles. The number of anilines is 1. The maximum absolute atomic E-state index is 12.9. The quantitative estimate of drug-likeness (QED) is 0.873. The van der Waals surface area contributed by atoms with Crippen molar-refractivity contribution in [3.63, 3.8) is 0 Å². The molecular weight excluding hydrogens is 281 g/mol. The van der Waals surface area contributed by atoms with Gasteiger partial charge in [0.1, 0.15) is 23.5 Å². The number of pyridine rings is 1. The van der Waals surface area contributed by atoms with E-state index < -0.39 is 0 Å².